The molecule has 0 bridgehead atoms. The molecule has 2 N–H and O–H groups in total. The van der Waals surface area contributed by atoms with Crippen molar-refractivity contribution in [3.8, 4) is 0 Å². The van der Waals surface area contributed by atoms with Gasteiger partial charge in [-0.15, -0.1) is 0 Å². The fourth-order valence-electron chi connectivity index (χ4n) is 1.94. The third-order valence-corrected chi connectivity index (χ3v) is 3.04. The minimum Gasteiger partial charge on any atom is -0.360 e. The molecule has 0 aliphatic heterocycles. The first-order chi connectivity index (χ1) is 11.5. The lowest BCUT2D eigenvalue weighted by atomic mass is 10.3. The summed E-state index contributed by atoms with van der Waals surface area (Å²) in [5, 5.41) is 20.8. The zero-order valence-corrected chi connectivity index (χ0v) is 12.8. The van der Waals surface area contributed by atoms with Crippen LogP contribution in [-0.4, -0.2) is 25.0 Å². The highest BCUT2D eigenvalue weighted by Crippen LogP contribution is 2.32. The molecule has 0 aliphatic carbocycles. The summed E-state index contributed by atoms with van der Waals surface area (Å²) < 4.78 is 4.92. The molecule has 24 heavy (non-hydrogen) atoms. The van der Waals surface area contributed by atoms with Crippen LogP contribution in [0.2, 0.25) is 0 Å². The Morgan fingerprint density at radius 1 is 1.08 bits per heavy atom. The lowest BCUT2D eigenvalue weighted by Crippen LogP contribution is -2.06. The van der Waals surface area contributed by atoms with E-state index in [-0.39, 0.29) is 17.3 Å². The molecule has 0 aromatic carbocycles. The minimum atomic E-state index is -0.578. The summed E-state index contributed by atoms with van der Waals surface area (Å²) in [6.45, 7) is 3.61. The highest BCUT2D eigenvalue weighted by molar-refractivity contribution is 5.75. The summed E-state index contributed by atoms with van der Waals surface area (Å²) >= 11 is 0. The van der Waals surface area contributed by atoms with Crippen LogP contribution in [0.1, 0.15) is 11.3 Å². The molecule has 0 radical (unpaired) electrons. The van der Waals surface area contributed by atoms with E-state index in [0.29, 0.717) is 17.4 Å². The number of nitro groups is 1. The standard InChI is InChI=1S/C14H13N7O3/c1-8-3-4-10(15-6-8)18-13-12(21(22)23)14(17-7-16-13)19-11-5-9(2)24-20-11/h3-7H,1-2H3,(H2,15,16,17,18,19,20). The lowest BCUT2D eigenvalue weighted by Gasteiger charge is -2.08. The van der Waals surface area contributed by atoms with Crippen molar-refractivity contribution >= 4 is 29.0 Å². The summed E-state index contributed by atoms with van der Waals surface area (Å²) in [6.07, 6.45) is 2.85. The summed E-state index contributed by atoms with van der Waals surface area (Å²) in [4.78, 5) is 22.9. The van der Waals surface area contributed by atoms with Gasteiger partial charge in [0.05, 0.1) is 4.92 Å². The van der Waals surface area contributed by atoms with Gasteiger partial charge in [0, 0.05) is 12.3 Å². The highest BCUT2D eigenvalue weighted by atomic mass is 16.6. The van der Waals surface area contributed by atoms with Gasteiger partial charge in [-0.1, -0.05) is 11.2 Å². The molecule has 0 unspecified atom stereocenters. The summed E-state index contributed by atoms with van der Waals surface area (Å²) in [5.41, 5.74) is 0.655. The van der Waals surface area contributed by atoms with E-state index < -0.39 is 4.92 Å². The number of pyridine rings is 1. The van der Waals surface area contributed by atoms with Crippen molar-refractivity contribution in [3.63, 3.8) is 0 Å². The van der Waals surface area contributed by atoms with E-state index in [1.54, 1.807) is 25.3 Å². The molecule has 0 fully saturated rings. The third kappa shape index (κ3) is 3.27. The van der Waals surface area contributed by atoms with Gasteiger partial charge in [-0.25, -0.2) is 15.0 Å². The van der Waals surface area contributed by atoms with Crippen LogP contribution in [0, 0.1) is 24.0 Å². The Balaban J connectivity index is 1.95. The predicted octanol–water partition coefficient (Wildman–Crippen LogP) is 2.87. The molecule has 0 spiro atoms. The molecule has 10 nitrogen and oxygen atoms in total. The van der Waals surface area contributed by atoms with Gasteiger partial charge in [0.2, 0.25) is 11.6 Å². The van der Waals surface area contributed by atoms with Gasteiger partial charge in [-0.2, -0.15) is 0 Å². The molecule has 3 heterocycles. The Morgan fingerprint density at radius 2 is 1.79 bits per heavy atom. The molecule has 0 saturated carbocycles. The number of aromatic nitrogens is 4. The van der Waals surface area contributed by atoms with Gasteiger partial charge in [0.1, 0.15) is 17.9 Å². The first kappa shape index (κ1) is 15.3. The van der Waals surface area contributed by atoms with Crippen molar-refractivity contribution in [1.82, 2.24) is 20.1 Å². The Bertz CT molecular complexity index is 876. The van der Waals surface area contributed by atoms with Crippen LogP contribution < -0.4 is 10.6 Å². The fourth-order valence-corrected chi connectivity index (χ4v) is 1.94. The van der Waals surface area contributed by atoms with Gasteiger partial charge >= 0.3 is 5.69 Å². The SMILES string of the molecule is Cc1ccc(Nc2ncnc(Nc3cc(C)on3)c2[N+](=O)[O-])nc1. The van der Waals surface area contributed by atoms with Crippen LogP contribution in [0.4, 0.5) is 29.0 Å². The first-order valence-corrected chi connectivity index (χ1v) is 6.92. The molecule has 3 aromatic heterocycles. The summed E-state index contributed by atoms with van der Waals surface area (Å²) in [5.74, 6) is 1.34. The maximum absolute atomic E-state index is 11.5. The second kappa shape index (κ2) is 6.28. The molecule has 122 valence electrons. The van der Waals surface area contributed by atoms with Crippen LogP contribution in [0.25, 0.3) is 0 Å². The second-order valence-electron chi connectivity index (χ2n) is 4.97. The van der Waals surface area contributed by atoms with E-state index in [0.717, 1.165) is 5.56 Å². The number of rotatable bonds is 5. The molecular weight excluding hydrogens is 314 g/mol. The Hall–Kier alpha value is -3.56. The normalized spacial score (nSPS) is 10.4. The van der Waals surface area contributed by atoms with Crippen molar-refractivity contribution < 1.29 is 9.45 Å². The molecule has 0 aliphatic rings. The zero-order valence-electron chi connectivity index (χ0n) is 12.8. The molecule has 3 aromatic rings. The van der Waals surface area contributed by atoms with E-state index in [2.05, 4.69) is 30.7 Å². The smallest absolute Gasteiger partial charge is 0.354 e. The number of hydrogen-bond acceptors (Lipinski definition) is 9. The highest BCUT2D eigenvalue weighted by Gasteiger charge is 2.24. The molecule has 0 atom stereocenters. The van der Waals surface area contributed by atoms with Gasteiger partial charge in [-0.3, -0.25) is 10.1 Å². The molecule has 0 saturated heterocycles. The molecule has 0 amide bonds. The van der Waals surface area contributed by atoms with Crippen molar-refractivity contribution in [1.29, 1.82) is 0 Å². The lowest BCUT2D eigenvalue weighted by molar-refractivity contribution is -0.383. The van der Waals surface area contributed by atoms with Gasteiger partial charge in [0.25, 0.3) is 0 Å². The predicted molar refractivity (Wildman–Crippen MR) is 85.5 cm³/mol. The van der Waals surface area contributed by atoms with Crippen LogP contribution in [0.3, 0.4) is 0 Å². The van der Waals surface area contributed by atoms with Crippen LogP contribution in [0.5, 0.6) is 0 Å². The number of hydrogen-bond donors (Lipinski definition) is 2. The monoisotopic (exact) mass is 327 g/mol. The average Bonchev–Trinajstić information content (AvgIpc) is 2.94. The maximum atomic E-state index is 11.5. The number of aryl methyl sites for hydroxylation is 2. The first-order valence-electron chi connectivity index (χ1n) is 6.92. The number of anilines is 4. The largest absolute Gasteiger partial charge is 0.360 e. The van der Waals surface area contributed by atoms with E-state index in [9.17, 15) is 10.1 Å². The van der Waals surface area contributed by atoms with Gasteiger partial charge < -0.3 is 15.2 Å². The van der Waals surface area contributed by atoms with Gasteiger partial charge in [0.15, 0.2) is 5.82 Å². The quantitative estimate of drug-likeness (QED) is 0.536. The topological polar surface area (TPSA) is 132 Å². The van der Waals surface area contributed by atoms with E-state index in [1.165, 1.54) is 6.33 Å². The summed E-state index contributed by atoms with van der Waals surface area (Å²) in [7, 11) is 0. The molecule has 3 rings (SSSR count). The average molecular weight is 327 g/mol. The molecular formula is C14H13N7O3. The minimum absolute atomic E-state index is 0.00193. The third-order valence-electron chi connectivity index (χ3n) is 3.04. The van der Waals surface area contributed by atoms with Crippen molar-refractivity contribution in [3.05, 3.63) is 52.2 Å². The van der Waals surface area contributed by atoms with Crippen LogP contribution in [-0.2, 0) is 0 Å². The Kier molecular flexibility index (Phi) is 4.01. The van der Waals surface area contributed by atoms with E-state index in [1.807, 2.05) is 13.0 Å². The van der Waals surface area contributed by atoms with Crippen molar-refractivity contribution in [2.24, 2.45) is 0 Å². The zero-order chi connectivity index (χ0) is 17.1. The second-order valence-corrected chi connectivity index (χ2v) is 4.97. The number of nitrogens with zero attached hydrogens (tertiary/aromatic N) is 5. The Morgan fingerprint density at radius 3 is 2.33 bits per heavy atom. The maximum Gasteiger partial charge on any atom is 0.354 e. The summed E-state index contributed by atoms with van der Waals surface area (Å²) in [6, 6.07) is 5.13. The van der Waals surface area contributed by atoms with Gasteiger partial charge in [-0.05, 0) is 25.5 Å². The van der Waals surface area contributed by atoms with Crippen molar-refractivity contribution in [2.45, 2.75) is 13.8 Å². The molecule has 10 heteroatoms. The number of nitrogens with one attached hydrogen (secondary N) is 2. The van der Waals surface area contributed by atoms with Crippen LogP contribution >= 0.6 is 0 Å². The fraction of sp³-hybridized carbons (Fsp3) is 0.143. The Labute approximate surface area is 136 Å². The van der Waals surface area contributed by atoms with E-state index >= 15 is 0 Å². The van der Waals surface area contributed by atoms with Crippen LogP contribution in [0.15, 0.2) is 35.2 Å². The van der Waals surface area contributed by atoms with E-state index in [4.69, 9.17) is 4.52 Å². The van der Waals surface area contributed by atoms with Crippen molar-refractivity contribution in [2.75, 3.05) is 10.6 Å².